The summed E-state index contributed by atoms with van der Waals surface area (Å²) >= 11 is 0. The average molecular weight is 316 g/mol. The monoisotopic (exact) mass is 316 g/mol. The van der Waals surface area contributed by atoms with Crippen molar-refractivity contribution in [1.29, 1.82) is 0 Å². The molecule has 1 atom stereocenters. The molecule has 0 saturated carbocycles. The third-order valence-corrected chi connectivity index (χ3v) is 5.82. The van der Waals surface area contributed by atoms with Crippen LogP contribution in [0, 0.1) is 0 Å². The van der Waals surface area contributed by atoms with Gasteiger partial charge in [-0.2, -0.15) is 0 Å². The van der Waals surface area contributed by atoms with E-state index in [0.29, 0.717) is 17.5 Å². The highest BCUT2D eigenvalue weighted by molar-refractivity contribution is 7.62. The van der Waals surface area contributed by atoms with Gasteiger partial charge in [-0.05, 0) is 42.0 Å². The number of benzene rings is 2. The van der Waals surface area contributed by atoms with Gasteiger partial charge in [-0.15, -0.1) is 0 Å². The van der Waals surface area contributed by atoms with E-state index in [-0.39, 0.29) is 0 Å². The van der Waals surface area contributed by atoms with Crippen LogP contribution in [-0.2, 0) is 23.8 Å². The zero-order valence-electron chi connectivity index (χ0n) is 13.2. The van der Waals surface area contributed by atoms with Crippen LogP contribution in [-0.4, -0.2) is 4.89 Å². The molecule has 3 rings (SSSR count). The SMILES string of the molecule is CCc1ccc2c(c1)OP(=O)(O)c1c(CC)cc(CC)cc1-2. The van der Waals surface area contributed by atoms with E-state index in [1.165, 1.54) is 5.56 Å². The van der Waals surface area contributed by atoms with Crippen molar-refractivity contribution in [2.75, 3.05) is 0 Å². The lowest BCUT2D eigenvalue weighted by Gasteiger charge is -2.27. The summed E-state index contributed by atoms with van der Waals surface area (Å²) in [5, 5.41) is 0.476. The van der Waals surface area contributed by atoms with Crippen LogP contribution in [0.2, 0.25) is 0 Å². The lowest BCUT2D eigenvalue weighted by atomic mass is 9.95. The summed E-state index contributed by atoms with van der Waals surface area (Å²) in [6, 6.07) is 10.0. The number of aryl methyl sites for hydroxylation is 3. The van der Waals surface area contributed by atoms with E-state index in [2.05, 4.69) is 19.9 Å². The van der Waals surface area contributed by atoms with Crippen molar-refractivity contribution in [1.82, 2.24) is 0 Å². The second-order valence-electron chi connectivity index (χ2n) is 5.65. The van der Waals surface area contributed by atoms with Gasteiger partial charge in [0, 0.05) is 11.1 Å². The van der Waals surface area contributed by atoms with Gasteiger partial charge in [0.25, 0.3) is 0 Å². The Kier molecular flexibility index (Phi) is 3.88. The molecule has 2 aromatic carbocycles. The Morgan fingerprint density at radius 3 is 2.32 bits per heavy atom. The van der Waals surface area contributed by atoms with E-state index in [0.717, 1.165) is 35.1 Å². The molecule has 116 valence electrons. The first-order chi connectivity index (χ1) is 10.5. The lowest BCUT2D eigenvalue weighted by Crippen LogP contribution is -2.22. The van der Waals surface area contributed by atoms with Crippen molar-refractivity contribution in [3.8, 4) is 16.9 Å². The van der Waals surface area contributed by atoms with E-state index >= 15 is 0 Å². The Bertz CT molecular complexity index is 780. The van der Waals surface area contributed by atoms with Gasteiger partial charge in [0.2, 0.25) is 0 Å². The van der Waals surface area contributed by atoms with Gasteiger partial charge < -0.3 is 9.42 Å². The molecule has 1 aliphatic rings. The van der Waals surface area contributed by atoms with Crippen LogP contribution in [0.25, 0.3) is 11.1 Å². The van der Waals surface area contributed by atoms with Crippen molar-refractivity contribution in [3.05, 3.63) is 47.0 Å². The highest BCUT2D eigenvalue weighted by Crippen LogP contribution is 2.53. The van der Waals surface area contributed by atoms with Crippen LogP contribution < -0.4 is 9.83 Å². The largest absolute Gasteiger partial charge is 0.421 e. The van der Waals surface area contributed by atoms with Crippen LogP contribution in [0.4, 0.5) is 0 Å². The molecule has 3 nitrogen and oxygen atoms in total. The van der Waals surface area contributed by atoms with Crippen LogP contribution in [0.15, 0.2) is 30.3 Å². The normalized spacial score (nSPS) is 19.3. The zero-order chi connectivity index (χ0) is 15.9. The Morgan fingerprint density at radius 1 is 0.955 bits per heavy atom. The average Bonchev–Trinajstić information content (AvgIpc) is 2.52. The Hall–Kier alpha value is -1.57. The number of fused-ring (bicyclic) bond motifs is 3. The van der Waals surface area contributed by atoms with Crippen molar-refractivity contribution in [2.45, 2.75) is 40.0 Å². The van der Waals surface area contributed by atoms with Crippen LogP contribution >= 0.6 is 7.60 Å². The van der Waals surface area contributed by atoms with Crippen molar-refractivity contribution < 1.29 is 14.0 Å². The first-order valence-electron chi connectivity index (χ1n) is 7.82. The summed E-state index contributed by atoms with van der Waals surface area (Å²) < 4.78 is 18.2. The number of hydrogen-bond acceptors (Lipinski definition) is 2. The molecule has 1 unspecified atom stereocenters. The lowest BCUT2D eigenvalue weighted by molar-refractivity contribution is 0.392. The Labute approximate surface area is 131 Å². The minimum Gasteiger partial charge on any atom is -0.421 e. The highest BCUT2D eigenvalue weighted by Gasteiger charge is 2.36. The first kappa shape index (κ1) is 15.3. The molecule has 0 aliphatic carbocycles. The summed E-state index contributed by atoms with van der Waals surface area (Å²) in [5.41, 5.74) is 4.96. The number of hydrogen-bond donors (Lipinski definition) is 1. The molecule has 1 aliphatic heterocycles. The predicted molar refractivity (Wildman–Crippen MR) is 90.1 cm³/mol. The maximum absolute atomic E-state index is 12.7. The van der Waals surface area contributed by atoms with E-state index in [4.69, 9.17) is 4.52 Å². The molecule has 4 heteroatoms. The fourth-order valence-corrected chi connectivity index (χ4v) is 4.62. The Morgan fingerprint density at radius 2 is 1.68 bits per heavy atom. The van der Waals surface area contributed by atoms with Gasteiger partial charge in [-0.25, -0.2) is 4.57 Å². The maximum atomic E-state index is 12.7. The van der Waals surface area contributed by atoms with Gasteiger partial charge in [-0.1, -0.05) is 45.0 Å². The van der Waals surface area contributed by atoms with Crippen LogP contribution in [0.5, 0.6) is 5.75 Å². The molecule has 1 N–H and O–H groups in total. The molecule has 0 spiro atoms. The van der Waals surface area contributed by atoms with Crippen LogP contribution in [0.1, 0.15) is 37.5 Å². The Balaban J connectivity index is 2.34. The molecular formula is C18H21O3P. The van der Waals surface area contributed by atoms with Gasteiger partial charge in [0.1, 0.15) is 5.75 Å². The molecule has 0 amide bonds. The number of rotatable bonds is 3. The van der Waals surface area contributed by atoms with Crippen molar-refractivity contribution in [2.24, 2.45) is 0 Å². The summed E-state index contributed by atoms with van der Waals surface area (Å²) in [5.74, 6) is 0.521. The molecule has 0 saturated heterocycles. The van der Waals surface area contributed by atoms with E-state index in [1.807, 2.05) is 31.2 Å². The summed E-state index contributed by atoms with van der Waals surface area (Å²) in [7, 11) is -3.82. The molecule has 22 heavy (non-hydrogen) atoms. The zero-order valence-corrected chi connectivity index (χ0v) is 14.1. The van der Waals surface area contributed by atoms with Crippen molar-refractivity contribution in [3.63, 3.8) is 0 Å². The molecule has 2 aromatic rings. The molecule has 1 heterocycles. The van der Waals surface area contributed by atoms with E-state index in [1.54, 1.807) is 0 Å². The van der Waals surface area contributed by atoms with E-state index < -0.39 is 7.60 Å². The van der Waals surface area contributed by atoms with Gasteiger partial charge in [0.15, 0.2) is 0 Å². The van der Waals surface area contributed by atoms with Gasteiger partial charge >= 0.3 is 7.60 Å². The molecule has 0 aromatic heterocycles. The fraction of sp³-hybridized carbons (Fsp3) is 0.333. The van der Waals surface area contributed by atoms with Crippen molar-refractivity contribution >= 4 is 12.9 Å². The van der Waals surface area contributed by atoms with Crippen LogP contribution in [0.3, 0.4) is 0 Å². The highest BCUT2D eigenvalue weighted by atomic mass is 31.2. The molecule has 0 fully saturated rings. The minimum atomic E-state index is -3.82. The molecular weight excluding hydrogens is 295 g/mol. The van der Waals surface area contributed by atoms with E-state index in [9.17, 15) is 9.46 Å². The minimum absolute atomic E-state index is 0.476. The third-order valence-electron chi connectivity index (χ3n) is 4.29. The van der Waals surface area contributed by atoms with Gasteiger partial charge in [0.05, 0.1) is 5.30 Å². The second-order valence-corrected chi connectivity index (χ2v) is 7.32. The van der Waals surface area contributed by atoms with Gasteiger partial charge in [-0.3, -0.25) is 0 Å². The second kappa shape index (κ2) is 5.57. The fourth-order valence-electron chi connectivity index (χ4n) is 3.04. The smallest absolute Gasteiger partial charge is 0.409 e. The predicted octanol–water partition coefficient (Wildman–Crippen LogP) is 4.24. The standard InChI is InChI=1S/C18H21O3P/c1-4-12-7-8-15-16-10-13(5-2)9-14(6-3)18(16)22(19,20)21-17(15)11-12/h7-11H,4-6H2,1-3H3,(H,19,20). The quantitative estimate of drug-likeness (QED) is 0.861. The maximum Gasteiger partial charge on any atom is 0.409 e. The summed E-state index contributed by atoms with van der Waals surface area (Å²) in [6.45, 7) is 6.16. The molecule has 0 bridgehead atoms. The molecule has 0 radical (unpaired) electrons. The first-order valence-corrected chi connectivity index (χ1v) is 9.40. The third kappa shape index (κ3) is 2.39. The topological polar surface area (TPSA) is 46.5 Å². The summed E-state index contributed by atoms with van der Waals surface area (Å²) in [4.78, 5) is 10.4. The summed E-state index contributed by atoms with van der Waals surface area (Å²) in [6.07, 6.45) is 2.49.